The van der Waals surface area contributed by atoms with E-state index in [1.54, 1.807) is 20.8 Å². The number of hydrogen-bond donors (Lipinski definition) is 3. The largest absolute Gasteiger partial charge is 0.444 e. The summed E-state index contributed by atoms with van der Waals surface area (Å²) in [6.45, 7) is 16.4. The van der Waals surface area contributed by atoms with E-state index in [9.17, 15) is 24.0 Å². The van der Waals surface area contributed by atoms with Gasteiger partial charge in [-0.1, -0.05) is 58.1 Å². The number of ketones is 1. The van der Waals surface area contributed by atoms with E-state index in [1.807, 2.05) is 6.92 Å². The summed E-state index contributed by atoms with van der Waals surface area (Å²) >= 11 is 0. The Hall–Kier alpha value is -2.91. The van der Waals surface area contributed by atoms with Crippen LogP contribution >= 0.6 is 0 Å². The smallest absolute Gasteiger partial charge is 0.408 e. The molecule has 1 heterocycles. The van der Waals surface area contributed by atoms with Gasteiger partial charge in [-0.3, -0.25) is 19.2 Å². The van der Waals surface area contributed by atoms with Crippen LogP contribution in [0.4, 0.5) is 4.79 Å². The van der Waals surface area contributed by atoms with Crippen molar-refractivity contribution >= 4 is 29.6 Å². The molecule has 0 bridgehead atoms. The third-order valence-corrected chi connectivity index (χ3v) is 9.47. The van der Waals surface area contributed by atoms with Crippen molar-refractivity contribution in [3.05, 3.63) is 11.6 Å². The Balaban J connectivity index is 1.66. The highest BCUT2D eigenvalue weighted by Gasteiger charge is 2.56. The minimum absolute atomic E-state index is 0.0426. The molecule has 3 fully saturated rings. The Kier molecular flexibility index (Phi) is 12.1. The molecule has 1 saturated heterocycles. The maximum Gasteiger partial charge on any atom is 0.408 e. The van der Waals surface area contributed by atoms with Crippen LogP contribution in [0.3, 0.4) is 0 Å². The fraction of sp³-hybridized carbons (Fsp3) is 0.794. The van der Waals surface area contributed by atoms with Gasteiger partial charge in [0.2, 0.25) is 17.6 Å². The van der Waals surface area contributed by atoms with Gasteiger partial charge in [0.05, 0.1) is 6.04 Å². The summed E-state index contributed by atoms with van der Waals surface area (Å²) in [5, 5.41) is 8.44. The van der Waals surface area contributed by atoms with Crippen LogP contribution in [0.15, 0.2) is 11.6 Å². The summed E-state index contributed by atoms with van der Waals surface area (Å²) in [6, 6.07) is -2.54. The number of alkyl carbamates (subject to hydrolysis) is 1. The fourth-order valence-electron chi connectivity index (χ4n) is 6.90. The molecular weight excluding hydrogens is 560 g/mol. The first kappa shape index (κ1) is 35.6. The number of carbonyl (C=O) groups excluding carboxylic acids is 5. The molecule has 3 rings (SSSR count). The van der Waals surface area contributed by atoms with Crippen molar-refractivity contribution in [3.63, 3.8) is 0 Å². The standard InChI is InChI=1S/C34H56N4O6/c1-9-14-25(28(39)30(41)35-20-24-23(19-21(2)3)34(24,7)8)36-29(40)26-17-13-18-38(26)31(42)27(22-15-11-10-12-16-22)37-32(43)44-33(4,5)6/h19,22-27H,9-18,20H2,1-8H3,(H,35,41)(H,36,40)(H,37,43)/t23-,24?,25?,26-,27-/m0/s1. The third-order valence-electron chi connectivity index (χ3n) is 9.47. The molecule has 10 heteroatoms. The van der Waals surface area contributed by atoms with Gasteiger partial charge in [-0.25, -0.2) is 4.79 Å². The fourth-order valence-corrected chi connectivity index (χ4v) is 6.90. The number of likely N-dealkylation sites (tertiary alicyclic amines) is 1. The highest BCUT2D eigenvalue weighted by atomic mass is 16.6. The zero-order valence-corrected chi connectivity index (χ0v) is 28.2. The van der Waals surface area contributed by atoms with E-state index in [0.717, 1.165) is 32.1 Å². The van der Waals surface area contributed by atoms with Gasteiger partial charge in [0.25, 0.3) is 5.91 Å². The first-order valence-electron chi connectivity index (χ1n) is 16.6. The maximum atomic E-state index is 14.0. The van der Waals surface area contributed by atoms with Crippen LogP contribution in [-0.4, -0.2) is 71.3 Å². The van der Waals surface area contributed by atoms with Gasteiger partial charge in [-0.15, -0.1) is 0 Å². The number of allylic oxidation sites excluding steroid dienone is 2. The van der Waals surface area contributed by atoms with E-state index in [1.165, 1.54) is 10.5 Å². The Bertz CT molecular complexity index is 1100. The third kappa shape index (κ3) is 9.30. The highest BCUT2D eigenvalue weighted by Crippen LogP contribution is 2.58. The number of hydrogen-bond acceptors (Lipinski definition) is 6. The van der Waals surface area contributed by atoms with Crippen molar-refractivity contribution in [1.82, 2.24) is 20.9 Å². The second-order valence-electron chi connectivity index (χ2n) is 14.8. The lowest BCUT2D eigenvalue weighted by Crippen LogP contribution is -2.58. The van der Waals surface area contributed by atoms with E-state index in [0.29, 0.717) is 44.7 Å². The summed E-state index contributed by atoms with van der Waals surface area (Å²) in [4.78, 5) is 68.0. The first-order valence-corrected chi connectivity index (χ1v) is 16.6. The Morgan fingerprint density at radius 3 is 2.23 bits per heavy atom. The lowest BCUT2D eigenvalue weighted by molar-refractivity contribution is -0.143. The van der Waals surface area contributed by atoms with E-state index in [2.05, 4.69) is 49.7 Å². The van der Waals surface area contributed by atoms with E-state index in [4.69, 9.17) is 4.74 Å². The SMILES string of the molecule is CCCC(NC(=O)[C@@H]1CCCN1C(=O)[C@@H](NC(=O)OC(C)(C)C)C1CCCCC1)C(=O)C(=O)NCC1[C@H](C=C(C)C)C1(C)C. The van der Waals surface area contributed by atoms with E-state index in [-0.39, 0.29) is 23.2 Å². The minimum Gasteiger partial charge on any atom is -0.444 e. The highest BCUT2D eigenvalue weighted by molar-refractivity contribution is 6.38. The molecule has 0 spiro atoms. The van der Waals surface area contributed by atoms with Crippen LogP contribution in [0.5, 0.6) is 0 Å². The quantitative estimate of drug-likeness (QED) is 0.216. The zero-order valence-electron chi connectivity index (χ0n) is 28.2. The van der Waals surface area contributed by atoms with Crippen molar-refractivity contribution < 1.29 is 28.7 Å². The van der Waals surface area contributed by atoms with Gasteiger partial charge in [-0.05, 0) is 89.9 Å². The van der Waals surface area contributed by atoms with Crippen LogP contribution < -0.4 is 16.0 Å². The van der Waals surface area contributed by atoms with Crippen LogP contribution in [0.1, 0.15) is 113 Å². The average Bonchev–Trinajstić information content (AvgIpc) is 3.25. The van der Waals surface area contributed by atoms with Crippen molar-refractivity contribution in [3.8, 4) is 0 Å². The molecule has 44 heavy (non-hydrogen) atoms. The number of amides is 4. The second-order valence-corrected chi connectivity index (χ2v) is 14.8. The summed E-state index contributed by atoms with van der Waals surface area (Å²) in [5.74, 6) is -1.55. The number of ether oxygens (including phenoxy) is 1. The number of Topliss-reactive ketones (excluding diaryl/α,β-unsaturated/α-hetero) is 1. The van der Waals surface area contributed by atoms with E-state index < -0.39 is 47.4 Å². The normalized spacial score (nSPS) is 24.5. The van der Waals surface area contributed by atoms with Crippen molar-refractivity contribution in [2.45, 2.75) is 137 Å². The van der Waals surface area contributed by atoms with Crippen molar-refractivity contribution in [1.29, 1.82) is 0 Å². The monoisotopic (exact) mass is 616 g/mol. The average molecular weight is 617 g/mol. The molecule has 248 valence electrons. The molecule has 3 aliphatic rings. The lowest BCUT2D eigenvalue weighted by atomic mass is 9.83. The summed E-state index contributed by atoms with van der Waals surface area (Å²) < 4.78 is 5.47. The number of rotatable bonds is 12. The Morgan fingerprint density at radius 1 is 0.977 bits per heavy atom. The predicted octanol–water partition coefficient (Wildman–Crippen LogP) is 4.66. The molecule has 0 aromatic rings. The summed E-state index contributed by atoms with van der Waals surface area (Å²) in [7, 11) is 0. The number of nitrogens with zero attached hydrogens (tertiary/aromatic N) is 1. The Labute approximate surface area is 263 Å². The first-order chi connectivity index (χ1) is 20.6. The molecule has 4 amide bonds. The molecule has 2 saturated carbocycles. The molecular formula is C34H56N4O6. The summed E-state index contributed by atoms with van der Waals surface area (Å²) in [5.41, 5.74) is 0.566. The topological polar surface area (TPSA) is 134 Å². The van der Waals surface area contributed by atoms with Gasteiger partial charge in [0, 0.05) is 13.1 Å². The number of carbonyl (C=O) groups is 5. The Morgan fingerprint density at radius 2 is 1.64 bits per heavy atom. The van der Waals surface area contributed by atoms with E-state index >= 15 is 0 Å². The molecule has 0 aromatic heterocycles. The van der Waals surface area contributed by atoms with Crippen LogP contribution in [0.25, 0.3) is 0 Å². The van der Waals surface area contributed by atoms with Gasteiger partial charge in [0.1, 0.15) is 17.7 Å². The molecule has 3 N–H and O–H groups in total. The van der Waals surface area contributed by atoms with Gasteiger partial charge >= 0.3 is 6.09 Å². The minimum atomic E-state index is -0.972. The molecule has 10 nitrogen and oxygen atoms in total. The van der Waals surface area contributed by atoms with Crippen molar-refractivity contribution in [2.24, 2.45) is 23.2 Å². The molecule has 2 unspecified atom stereocenters. The van der Waals surface area contributed by atoms with Gasteiger partial charge < -0.3 is 25.6 Å². The summed E-state index contributed by atoms with van der Waals surface area (Å²) in [6.07, 6.45) is 8.23. The van der Waals surface area contributed by atoms with Gasteiger partial charge in [0.15, 0.2) is 0 Å². The molecule has 1 aliphatic heterocycles. The zero-order chi connectivity index (χ0) is 32.8. The van der Waals surface area contributed by atoms with Crippen LogP contribution in [0.2, 0.25) is 0 Å². The van der Waals surface area contributed by atoms with Crippen molar-refractivity contribution in [2.75, 3.05) is 13.1 Å². The van der Waals surface area contributed by atoms with Crippen LogP contribution in [-0.2, 0) is 23.9 Å². The number of nitrogens with one attached hydrogen (secondary N) is 3. The van der Waals surface area contributed by atoms with Crippen LogP contribution in [0, 0.1) is 23.2 Å². The molecule has 2 aliphatic carbocycles. The maximum absolute atomic E-state index is 14.0. The predicted molar refractivity (Wildman–Crippen MR) is 170 cm³/mol. The van der Waals surface area contributed by atoms with Gasteiger partial charge in [-0.2, -0.15) is 0 Å². The molecule has 0 aromatic carbocycles. The lowest BCUT2D eigenvalue weighted by Gasteiger charge is -2.35. The second kappa shape index (κ2) is 14.9. The molecule has 5 atom stereocenters. The molecule has 0 radical (unpaired) electrons.